The average molecular weight is 390 g/mol. The van der Waals surface area contributed by atoms with Gasteiger partial charge in [-0.3, -0.25) is 9.69 Å². The first-order chi connectivity index (χ1) is 13.7. The Hall–Kier alpha value is -1.66. The lowest BCUT2D eigenvalue weighted by molar-refractivity contribution is -0.121. The summed E-state index contributed by atoms with van der Waals surface area (Å²) in [5.74, 6) is -0.134. The number of aryl methyl sites for hydroxylation is 1. The molecule has 28 heavy (non-hydrogen) atoms. The predicted molar refractivity (Wildman–Crippen MR) is 108 cm³/mol. The van der Waals surface area contributed by atoms with Crippen LogP contribution in [0, 0.1) is 5.82 Å². The highest BCUT2D eigenvalue weighted by Gasteiger charge is 2.38. The first-order valence-electron chi connectivity index (χ1n) is 10.8. The number of morpholine rings is 1. The van der Waals surface area contributed by atoms with Gasteiger partial charge in [0, 0.05) is 37.4 Å². The number of nitrogens with zero attached hydrogens (tertiary/aromatic N) is 2. The van der Waals surface area contributed by atoms with Crippen LogP contribution < -0.4 is 10.2 Å². The molecule has 5 nitrogen and oxygen atoms in total. The Labute approximate surface area is 167 Å². The molecule has 2 heterocycles. The van der Waals surface area contributed by atoms with Crippen LogP contribution in [-0.4, -0.2) is 62.3 Å². The Kier molecular flexibility index (Phi) is 6.16. The first-order valence-corrected chi connectivity index (χ1v) is 10.8. The number of carbonyl (C=O) groups excluding carboxylic acids is 1. The van der Waals surface area contributed by atoms with Crippen molar-refractivity contribution in [2.75, 3.05) is 50.8 Å². The Bertz CT molecular complexity index is 684. The Morgan fingerprint density at radius 3 is 2.68 bits per heavy atom. The van der Waals surface area contributed by atoms with Crippen LogP contribution in [0.25, 0.3) is 0 Å². The van der Waals surface area contributed by atoms with Crippen molar-refractivity contribution in [2.24, 2.45) is 0 Å². The number of amides is 1. The zero-order valence-corrected chi connectivity index (χ0v) is 16.7. The fourth-order valence-corrected chi connectivity index (χ4v) is 5.15. The molecular formula is C22H32FN3O2. The lowest BCUT2D eigenvalue weighted by Crippen LogP contribution is -2.60. The second-order valence-corrected chi connectivity index (χ2v) is 8.46. The molecule has 0 aromatic heterocycles. The molecule has 1 aromatic rings. The lowest BCUT2D eigenvalue weighted by atomic mass is 9.79. The highest BCUT2D eigenvalue weighted by molar-refractivity contribution is 5.82. The number of carbonyl (C=O) groups is 1. The number of ether oxygens (including phenoxy) is 1. The van der Waals surface area contributed by atoms with Crippen molar-refractivity contribution in [2.45, 2.75) is 50.5 Å². The fourth-order valence-electron chi connectivity index (χ4n) is 5.15. The molecule has 2 fully saturated rings. The summed E-state index contributed by atoms with van der Waals surface area (Å²) in [5.41, 5.74) is 2.10. The summed E-state index contributed by atoms with van der Waals surface area (Å²) in [4.78, 5) is 17.4. The number of rotatable bonds is 5. The number of halogens is 1. The van der Waals surface area contributed by atoms with Crippen molar-refractivity contribution in [1.29, 1.82) is 0 Å². The molecule has 2 aliphatic heterocycles. The summed E-state index contributed by atoms with van der Waals surface area (Å²) in [6, 6.07) is 4.91. The molecule has 154 valence electrons. The summed E-state index contributed by atoms with van der Waals surface area (Å²) in [6.45, 7) is 5.41. The molecule has 6 heteroatoms. The molecule has 1 amide bonds. The number of hydrogen-bond acceptors (Lipinski definition) is 4. The number of hydrogen-bond donors (Lipinski definition) is 1. The predicted octanol–water partition coefficient (Wildman–Crippen LogP) is 2.73. The molecule has 3 aliphatic rings. The minimum Gasteiger partial charge on any atom is -0.379 e. The van der Waals surface area contributed by atoms with Gasteiger partial charge in [-0.15, -0.1) is 0 Å². The third kappa shape index (κ3) is 4.33. The van der Waals surface area contributed by atoms with Gasteiger partial charge >= 0.3 is 0 Å². The zero-order chi connectivity index (χ0) is 19.4. The number of fused-ring (bicyclic) bond motifs is 1. The molecule has 0 atom stereocenters. The van der Waals surface area contributed by atoms with Crippen LogP contribution in [0.5, 0.6) is 0 Å². The maximum absolute atomic E-state index is 13.5. The fraction of sp³-hybridized carbons (Fsp3) is 0.682. The number of benzene rings is 1. The van der Waals surface area contributed by atoms with E-state index in [4.69, 9.17) is 4.74 Å². The Balaban J connectivity index is 1.38. The molecule has 1 saturated heterocycles. The zero-order valence-electron chi connectivity index (χ0n) is 16.7. The topological polar surface area (TPSA) is 44.8 Å². The molecule has 1 aromatic carbocycles. The summed E-state index contributed by atoms with van der Waals surface area (Å²) < 4.78 is 19.1. The minimum atomic E-state index is -0.199. The highest BCUT2D eigenvalue weighted by atomic mass is 19.1. The summed E-state index contributed by atoms with van der Waals surface area (Å²) >= 11 is 0. The van der Waals surface area contributed by atoms with Crippen molar-refractivity contribution >= 4 is 11.6 Å². The van der Waals surface area contributed by atoms with Gasteiger partial charge in [0.25, 0.3) is 0 Å². The maximum Gasteiger partial charge on any atom is 0.239 e. The molecule has 1 saturated carbocycles. The van der Waals surface area contributed by atoms with Crippen molar-refractivity contribution in [1.82, 2.24) is 10.2 Å². The van der Waals surface area contributed by atoms with Crippen LogP contribution in [0.15, 0.2) is 18.2 Å². The molecule has 1 N–H and O–H groups in total. The SMILES string of the molecule is O=C(CN1CCCc2cc(F)ccc21)NCC1(N2CCOCC2)CCCCC1. The van der Waals surface area contributed by atoms with E-state index in [1.54, 1.807) is 6.07 Å². The van der Waals surface area contributed by atoms with Gasteiger partial charge in [-0.25, -0.2) is 4.39 Å². The Morgan fingerprint density at radius 1 is 1.11 bits per heavy atom. The molecule has 0 bridgehead atoms. The van der Waals surface area contributed by atoms with Gasteiger partial charge in [0.1, 0.15) is 5.82 Å². The van der Waals surface area contributed by atoms with Gasteiger partial charge < -0.3 is 15.0 Å². The molecule has 0 unspecified atom stereocenters. The summed E-state index contributed by atoms with van der Waals surface area (Å²) in [6.07, 6.45) is 7.91. The largest absolute Gasteiger partial charge is 0.379 e. The van der Waals surface area contributed by atoms with Gasteiger partial charge in [-0.1, -0.05) is 19.3 Å². The number of nitrogens with one attached hydrogen (secondary N) is 1. The van der Waals surface area contributed by atoms with E-state index < -0.39 is 0 Å². The van der Waals surface area contributed by atoms with Crippen molar-refractivity contribution in [3.63, 3.8) is 0 Å². The second kappa shape index (κ2) is 8.78. The summed E-state index contributed by atoms with van der Waals surface area (Å²) in [7, 11) is 0. The molecule has 4 rings (SSSR count). The average Bonchev–Trinajstić information content (AvgIpc) is 2.73. The van der Waals surface area contributed by atoms with Gasteiger partial charge in [-0.05, 0) is 49.4 Å². The monoisotopic (exact) mass is 389 g/mol. The van der Waals surface area contributed by atoms with Crippen LogP contribution in [-0.2, 0) is 16.0 Å². The van der Waals surface area contributed by atoms with Gasteiger partial charge in [0.2, 0.25) is 5.91 Å². The Morgan fingerprint density at radius 2 is 1.89 bits per heavy atom. The van der Waals surface area contributed by atoms with Gasteiger partial charge in [-0.2, -0.15) is 0 Å². The second-order valence-electron chi connectivity index (χ2n) is 8.46. The maximum atomic E-state index is 13.5. The minimum absolute atomic E-state index is 0.0652. The summed E-state index contributed by atoms with van der Waals surface area (Å²) in [5, 5.41) is 3.24. The third-order valence-corrected chi connectivity index (χ3v) is 6.67. The van der Waals surface area contributed by atoms with E-state index in [1.807, 2.05) is 6.07 Å². The van der Waals surface area contributed by atoms with Crippen molar-refractivity contribution < 1.29 is 13.9 Å². The van der Waals surface area contributed by atoms with E-state index >= 15 is 0 Å². The molecule has 0 spiro atoms. The van der Waals surface area contributed by atoms with Crippen LogP contribution in [0.2, 0.25) is 0 Å². The van der Waals surface area contributed by atoms with E-state index in [1.165, 1.54) is 25.3 Å². The van der Waals surface area contributed by atoms with E-state index in [9.17, 15) is 9.18 Å². The quantitative estimate of drug-likeness (QED) is 0.841. The van der Waals surface area contributed by atoms with Crippen LogP contribution in [0.1, 0.15) is 44.1 Å². The molecule has 1 aliphatic carbocycles. The molecular weight excluding hydrogens is 357 g/mol. The van der Waals surface area contributed by atoms with Crippen LogP contribution >= 0.6 is 0 Å². The highest BCUT2D eigenvalue weighted by Crippen LogP contribution is 2.34. The van der Waals surface area contributed by atoms with Crippen molar-refractivity contribution in [3.05, 3.63) is 29.6 Å². The smallest absolute Gasteiger partial charge is 0.239 e. The standard InChI is InChI=1S/C22H32FN3O2/c23-19-6-7-20-18(15-19)5-4-10-25(20)16-21(27)24-17-22(8-2-1-3-9-22)26-11-13-28-14-12-26/h6-7,15H,1-5,8-14,16-17H2,(H,24,27). The van der Waals surface area contributed by atoms with Crippen LogP contribution in [0.3, 0.4) is 0 Å². The van der Waals surface area contributed by atoms with E-state index in [2.05, 4.69) is 15.1 Å². The lowest BCUT2D eigenvalue weighted by Gasteiger charge is -2.48. The normalized spacial score (nSPS) is 22.5. The van der Waals surface area contributed by atoms with Gasteiger partial charge in [0.05, 0.1) is 19.8 Å². The first kappa shape index (κ1) is 19.6. The third-order valence-electron chi connectivity index (χ3n) is 6.67. The van der Waals surface area contributed by atoms with E-state index in [-0.39, 0.29) is 17.3 Å². The van der Waals surface area contributed by atoms with E-state index in [0.717, 1.165) is 76.3 Å². The van der Waals surface area contributed by atoms with Gasteiger partial charge in [0.15, 0.2) is 0 Å². The molecule has 0 radical (unpaired) electrons. The van der Waals surface area contributed by atoms with Crippen LogP contribution in [0.4, 0.5) is 10.1 Å². The van der Waals surface area contributed by atoms with Crippen molar-refractivity contribution in [3.8, 4) is 0 Å². The van der Waals surface area contributed by atoms with E-state index in [0.29, 0.717) is 6.54 Å². The number of anilines is 1.